The fourth-order valence-corrected chi connectivity index (χ4v) is 2.90. The van der Waals surface area contributed by atoms with E-state index in [1.807, 2.05) is 12.1 Å². The summed E-state index contributed by atoms with van der Waals surface area (Å²) in [5.74, 6) is 0.110. The van der Waals surface area contributed by atoms with Gasteiger partial charge in [0.25, 0.3) is 5.91 Å². The van der Waals surface area contributed by atoms with Gasteiger partial charge in [-0.25, -0.2) is 9.67 Å². The molecule has 1 fully saturated rings. The molecule has 0 radical (unpaired) electrons. The van der Waals surface area contributed by atoms with E-state index in [4.69, 9.17) is 0 Å². The quantitative estimate of drug-likeness (QED) is 0.783. The summed E-state index contributed by atoms with van der Waals surface area (Å²) < 4.78 is 1.63. The molecule has 0 unspecified atom stereocenters. The topological polar surface area (TPSA) is 88.9 Å². The van der Waals surface area contributed by atoms with Crippen molar-refractivity contribution in [2.45, 2.75) is 25.7 Å². The minimum Gasteiger partial charge on any atom is -0.354 e. The molecule has 1 aliphatic carbocycles. The van der Waals surface area contributed by atoms with E-state index in [1.165, 1.54) is 6.33 Å². The second kappa shape index (κ2) is 7.72. The molecule has 24 heavy (non-hydrogen) atoms. The van der Waals surface area contributed by atoms with Crippen molar-refractivity contribution in [1.29, 1.82) is 0 Å². The molecular formula is C17H21N5O2. The zero-order chi connectivity index (χ0) is 16.8. The summed E-state index contributed by atoms with van der Waals surface area (Å²) in [6.07, 6.45) is 7.30. The van der Waals surface area contributed by atoms with E-state index in [0.717, 1.165) is 31.4 Å². The molecule has 1 aliphatic rings. The van der Waals surface area contributed by atoms with Crippen molar-refractivity contribution in [3.05, 3.63) is 42.5 Å². The zero-order valence-corrected chi connectivity index (χ0v) is 13.4. The highest BCUT2D eigenvalue weighted by atomic mass is 16.2. The van der Waals surface area contributed by atoms with E-state index < -0.39 is 0 Å². The Balaban J connectivity index is 1.42. The van der Waals surface area contributed by atoms with Crippen molar-refractivity contribution in [2.24, 2.45) is 5.92 Å². The molecule has 0 saturated heterocycles. The van der Waals surface area contributed by atoms with Gasteiger partial charge in [-0.1, -0.05) is 12.8 Å². The van der Waals surface area contributed by atoms with Crippen LogP contribution in [0.25, 0.3) is 5.69 Å². The Labute approximate surface area is 140 Å². The smallest absolute Gasteiger partial charge is 0.251 e. The van der Waals surface area contributed by atoms with Crippen molar-refractivity contribution in [3.8, 4) is 5.69 Å². The maximum absolute atomic E-state index is 12.1. The number of hydrogen-bond donors (Lipinski definition) is 2. The van der Waals surface area contributed by atoms with Gasteiger partial charge in [0.05, 0.1) is 5.69 Å². The van der Waals surface area contributed by atoms with Gasteiger partial charge in [-0.15, -0.1) is 0 Å². The maximum atomic E-state index is 12.1. The maximum Gasteiger partial charge on any atom is 0.251 e. The lowest BCUT2D eigenvalue weighted by atomic mass is 10.1. The van der Waals surface area contributed by atoms with Crippen LogP contribution in [0.5, 0.6) is 0 Å². The summed E-state index contributed by atoms with van der Waals surface area (Å²) >= 11 is 0. The lowest BCUT2D eigenvalue weighted by molar-refractivity contribution is -0.124. The lowest BCUT2D eigenvalue weighted by Gasteiger charge is -2.11. The first-order chi connectivity index (χ1) is 11.7. The first-order valence-corrected chi connectivity index (χ1v) is 8.25. The average Bonchev–Trinajstić information content (AvgIpc) is 3.32. The molecule has 7 nitrogen and oxygen atoms in total. The van der Waals surface area contributed by atoms with E-state index in [-0.39, 0.29) is 17.7 Å². The number of hydrogen-bond acceptors (Lipinski definition) is 4. The van der Waals surface area contributed by atoms with E-state index in [9.17, 15) is 9.59 Å². The predicted octanol–water partition coefficient (Wildman–Crippen LogP) is 1.30. The summed E-state index contributed by atoms with van der Waals surface area (Å²) in [5.41, 5.74) is 1.41. The van der Waals surface area contributed by atoms with Gasteiger partial charge in [0.15, 0.2) is 0 Å². The third kappa shape index (κ3) is 3.98. The number of rotatable bonds is 6. The van der Waals surface area contributed by atoms with Crippen molar-refractivity contribution < 1.29 is 9.59 Å². The van der Waals surface area contributed by atoms with Crippen molar-refractivity contribution in [1.82, 2.24) is 25.4 Å². The highest BCUT2D eigenvalue weighted by Crippen LogP contribution is 2.24. The van der Waals surface area contributed by atoms with Gasteiger partial charge in [0.2, 0.25) is 5.91 Å². The van der Waals surface area contributed by atoms with Gasteiger partial charge < -0.3 is 10.6 Å². The summed E-state index contributed by atoms with van der Waals surface area (Å²) in [6, 6.07) is 7.10. The zero-order valence-electron chi connectivity index (χ0n) is 13.4. The monoisotopic (exact) mass is 327 g/mol. The molecule has 2 aromatic rings. The molecule has 3 rings (SSSR count). The molecule has 2 amide bonds. The minimum atomic E-state index is -0.157. The molecule has 0 aliphatic heterocycles. The molecule has 0 spiro atoms. The lowest BCUT2D eigenvalue weighted by Crippen LogP contribution is -2.37. The summed E-state index contributed by atoms with van der Waals surface area (Å²) in [6.45, 7) is 0.875. The Morgan fingerprint density at radius 2 is 1.79 bits per heavy atom. The highest BCUT2D eigenvalue weighted by Gasteiger charge is 2.21. The largest absolute Gasteiger partial charge is 0.354 e. The van der Waals surface area contributed by atoms with Crippen LogP contribution in [0.2, 0.25) is 0 Å². The summed E-state index contributed by atoms with van der Waals surface area (Å²) in [7, 11) is 0. The van der Waals surface area contributed by atoms with Crippen LogP contribution < -0.4 is 10.6 Å². The van der Waals surface area contributed by atoms with Crippen molar-refractivity contribution in [3.63, 3.8) is 0 Å². The fraction of sp³-hybridized carbons (Fsp3) is 0.412. The van der Waals surface area contributed by atoms with Crippen LogP contribution in [-0.2, 0) is 4.79 Å². The number of carbonyl (C=O) groups is 2. The number of carbonyl (C=O) groups excluding carboxylic acids is 2. The summed E-state index contributed by atoms with van der Waals surface area (Å²) in [5, 5.41) is 9.73. The number of nitrogens with one attached hydrogen (secondary N) is 2. The molecule has 1 aromatic heterocycles. The molecule has 1 heterocycles. The van der Waals surface area contributed by atoms with Crippen LogP contribution in [0.3, 0.4) is 0 Å². The van der Waals surface area contributed by atoms with E-state index in [2.05, 4.69) is 20.7 Å². The molecule has 1 aromatic carbocycles. The van der Waals surface area contributed by atoms with E-state index in [0.29, 0.717) is 18.7 Å². The Bertz CT molecular complexity index is 676. The third-order valence-electron chi connectivity index (χ3n) is 4.25. The van der Waals surface area contributed by atoms with Crippen molar-refractivity contribution >= 4 is 11.8 Å². The van der Waals surface area contributed by atoms with Gasteiger partial charge >= 0.3 is 0 Å². The Morgan fingerprint density at radius 3 is 2.46 bits per heavy atom. The predicted molar refractivity (Wildman–Crippen MR) is 88.7 cm³/mol. The van der Waals surface area contributed by atoms with Gasteiger partial charge in [-0.2, -0.15) is 5.10 Å². The number of nitrogens with zero attached hydrogens (tertiary/aromatic N) is 3. The third-order valence-corrected chi connectivity index (χ3v) is 4.25. The van der Waals surface area contributed by atoms with Gasteiger partial charge in [0.1, 0.15) is 12.7 Å². The molecule has 126 valence electrons. The second-order valence-corrected chi connectivity index (χ2v) is 5.92. The first kappa shape index (κ1) is 16.2. The SMILES string of the molecule is O=C(NCCNC(=O)C1CCCC1)c1ccc(-n2cncn2)cc1. The highest BCUT2D eigenvalue weighted by molar-refractivity contribution is 5.94. The van der Waals surface area contributed by atoms with Gasteiger partial charge in [-0.05, 0) is 37.1 Å². The normalized spacial score (nSPS) is 14.5. The van der Waals surface area contributed by atoms with Gasteiger partial charge in [0, 0.05) is 24.6 Å². The number of aromatic nitrogens is 3. The van der Waals surface area contributed by atoms with Crippen LogP contribution >= 0.6 is 0 Å². The van der Waals surface area contributed by atoms with E-state index in [1.54, 1.807) is 23.1 Å². The van der Waals surface area contributed by atoms with Crippen LogP contribution in [0, 0.1) is 5.92 Å². The molecule has 1 saturated carbocycles. The molecule has 2 N–H and O–H groups in total. The molecule has 0 bridgehead atoms. The number of benzene rings is 1. The Kier molecular flexibility index (Phi) is 5.20. The van der Waals surface area contributed by atoms with Crippen molar-refractivity contribution in [2.75, 3.05) is 13.1 Å². The minimum absolute atomic E-state index is 0.110. The molecule has 7 heteroatoms. The van der Waals surface area contributed by atoms with E-state index >= 15 is 0 Å². The van der Waals surface area contributed by atoms with Crippen LogP contribution in [0.4, 0.5) is 0 Å². The standard InChI is InChI=1S/C17H21N5O2/c23-16(13-3-1-2-4-13)19-9-10-20-17(24)14-5-7-15(8-6-14)22-12-18-11-21-22/h5-8,11-13H,1-4,9-10H2,(H,19,23)(H,20,24). The molecular weight excluding hydrogens is 306 g/mol. The second-order valence-electron chi connectivity index (χ2n) is 5.92. The van der Waals surface area contributed by atoms with Gasteiger partial charge in [-0.3, -0.25) is 9.59 Å². The number of amides is 2. The van der Waals surface area contributed by atoms with Crippen LogP contribution in [-0.4, -0.2) is 39.7 Å². The fourth-order valence-electron chi connectivity index (χ4n) is 2.90. The Hall–Kier alpha value is -2.70. The van der Waals surface area contributed by atoms with Crippen LogP contribution in [0.15, 0.2) is 36.9 Å². The first-order valence-electron chi connectivity index (χ1n) is 8.25. The average molecular weight is 327 g/mol. The summed E-state index contributed by atoms with van der Waals surface area (Å²) in [4.78, 5) is 27.8. The molecule has 0 atom stereocenters. The van der Waals surface area contributed by atoms with Crippen LogP contribution in [0.1, 0.15) is 36.0 Å². The Morgan fingerprint density at radius 1 is 1.08 bits per heavy atom.